The number of rotatable bonds is 4. The average molecular weight is 358 g/mol. The van der Waals surface area contributed by atoms with Crippen molar-refractivity contribution in [2.24, 2.45) is 0 Å². The molecule has 1 N–H and O–H groups in total. The van der Waals surface area contributed by atoms with Gasteiger partial charge in [0.1, 0.15) is 11.6 Å². The van der Waals surface area contributed by atoms with Gasteiger partial charge in [0, 0.05) is 6.04 Å². The largest absolute Gasteiger partial charge is 0.483 e. The second kappa shape index (κ2) is 8.37. The fourth-order valence-electron chi connectivity index (χ4n) is 2.61. The number of hydrogen-bond donors (Lipinski definition) is 1. The minimum Gasteiger partial charge on any atom is -0.483 e. The van der Waals surface area contributed by atoms with Gasteiger partial charge in [-0.2, -0.15) is 0 Å². The SMILES string of the molecule is O=C(COc1ccc(F)cc1Br)NC1CCCCCCC1. The number of ether oxygens (including phenoxy) is 1. The quantitative estimate of drug-likeness (QED) is 0.876. The summed E-state index contributed by atoms with van der Waals surface area (Å²) in [6.45, 7) is -0.0409. The van der Waals surface area contributed by atoms with Crippen LogP contribution in [0.5, 0.6) is 5.75 Å². The molecule has 116 valence electrons. The van der Waals surface area contributed by atoms with Crippen LogP contribution in [0.2, 0.25) is 0 Å². The van der Waals surface area contributed by atoms with Crippen LogP contribution in [0.25, 0.3) is 0 Å². The number of carbonyl (C=O) groups excluding carboxylic acids is 1. The van der Waals surface area contributed by atoms with Gasteiger partial charge in [0.15, 0.2) is 6.61 Å². The van der Waals surface area contributed by atoms with Gasteiger partial charge >= 0.3 is 0 Å². The second-order valence-electron chi connectivity index (χ2n) is 5.47. The molecule has 1 saturated carbocycles. The van der Waals surface area contributed by atoms with Crippen LogP contribution < -0.4 is 10.1 Å². The van der Waals surface area contributed by atoms with E-state index in [-0.39, 0.29) is 24.4 Å². The van der Waals surface area contributed by atoms with Crippen molar-refractivity contribution in [3.63, 3.8) is 0 Å². The summed E-state index contributed by atoms with van der Waals surface area (Å²) in [7, 11) is 0. The summed E-state index contributed by atoms with van der Waals surface area (Å²) in [5.74, 6) is 0.0224. The second-order valence-corrected chi connectivity index (χ2v) is 6.33. The topological polar surface area (TPSA) is 38.3 Å². The molecule has 0 saturated heterocycles. The van der Waals surface area contributed by atoms with Gasteiger partial charge in [-0.1, -0.05) is 32.1 Å². The van der Waals surface area contributed by atoms with Crippen LogP contribution in [0.15, 0.2) is 22.7 Å². The summed E-state index contributed by atoms with van der Waals surface area (Å²) < 4.78 is 18.9. The minimum atomic E-state index is -0.340. The first-order valence-corrected chi connectivity index (χ1v) is 8.31. The average Bonchev–Trinajstić information content (AvgIpc) is 2.41. The zero-order valence-corrected chi connectivity index (χ0v) is 13.6. The molecule has 0 aliphatic heterocycles. The summed E-state index contributed by atoms with van der Waals surface area (Å²) >= 11 is 3.22. The van der Waals surface area contributed by atoms with Gasteiger partial charge in [0.05, 0.1) is 4.47 Å². The van der Waals surface area contributed by atoms with Crippen LogP contribution in [0.4, 0.5) is 4.39 Å². The fourth-order valence-corrected chi connectivity index (χ4v) is 3.07. The molecule has 1 aromatic carbocycles. The minimum absolute atomic E-state index is 0.0409. The summed E-state index contributed by atoms with van der Waals surface area (Å²) in [6, 6.07) is 4.41. The van der Waals surface area contributed by atoms with E-state index in [1.54, 1.807) is 0 Å². The highest BCUT2D eigenvalue weighted by Gasteiger charge is 2.14. The third kappa shape index (κ3) is 5.65. The van der Waals surface area contributed by atoms with Crippen molar-refractivity contribution in [1.82, 2.24) is 5.32 Å². The number of halogens is 2. The summed E-state index contributed by atoms with van der Waals surface area (Å²) in [5.41, 5.74) is 0. The van der Waals surface area contributed by atoms with Crippen molar-refractivity contribution < 1.29 is 13.9 Å². The molecule has 1 fully saturated rings. The first kappa shape index (κ1) is 16.3. The predicted molar refractivity (Wildman–Crippen MR) is 83.8 cm³/mol. The Labute approximate surface area is 133 Å². The Morgan fingerprint density at radius 3 is 2.57 bits per heavy atom. The fraction of sp³-hybridized carbons (Fsp3) is 0.562. The smallest absolute Gasteiger partial charge is 0.258 e. The van der Waals surface area contributed by atoms with E-state index in [0.29, 0.717) is 10.2 Å². The summed E-state index contributed by atoms with van der Waals surface area (Å²) in [6.07, 6.45) is 8.27. The summed E-state index contributed by atoms with van der Waals surface area (Å²) in [5, 5.41) is 3.03. The number of nitrogens with one attached hydrogen (secondary N) is 1. The van der Waals surface area contributed by atoms with Gasteiger partial charge in [-0.3, -0.25) is 4.79 Å². The van der Waals surface area contributed by atoms with E-state index in [4.69, 9.17) is 4.74 Å². The first-order chi connectivity index (χ1) is 10.1. The molecule has 0 bridgehead atoms. The Bertz CT molecular complexity index is 473. The standard InChI is InChI=1S/C16H21BrFNO2/c17-14-10-12(18)8-9-15(14)21-11-16(20)19-13-6-4-2-1-3-5-7-13/h8-10,13H,1-7,11H2,(H,19,20). The third-order valence-corrected chi connectivity index (χ3v) is 4.34. The van der Waals surface area contributed by atoms with E-state index in [0.717, 1.165) is 12.8 Å². The number of hydrogen-bond acceptors (Lipinski definition) is 2. The maximum absolute atomic E-state index is 13.0. The zero-order chi connectivity index (χ0) is 15.1. The highest BCUT2D eigenvalue weighted by molar-refractivity contribution is 9.10. The third-order valence-electron chi connectivity index (χ3n) is 3.72. The van der Waals surface area contributed by atoms with Gasteiger partial charge in [-0.25, -0.2) is 4.39 Å². The zero-order valence-electron chi connectivity index (χ0n) is 12.0. The van der Waals surface area contributed by atoms with Gasteiger partial charge in [-0.05, 0) is 47.0 Å². The van der Waals surface area contributed by atoms with Crippen LogP contribution in [0, 0.1) is 5.82 Å². The lowest BCUT2D eigenvalue weighted by molar-refractivity contribution is -0.123. The first-order valence-electron chi connectivity index (χ1n) is 7.52. The molecule has 0 heterocycles. The number of carbonyl (C=O) groups is 1. The van der Waals surface area contributed by atoms with Crippen molar-refractivity contribution in [2.45, 2.75) is 51.0 Å². The molecule has 1 aliphatic carbocycles. The van der Waals surface area contributed by atoms with Gasteiger partial charge < -0.3 is 10.1 Å². The summed E-state index contributed by atoms with van der Waals surface area (Å²) in [4.78, 5) is 11.9. The molecule has 0 aromatic heterocycles. The normalized spacial score (nSPS) is 16.9. The van der Waals surface area contributed by atoms with E-state index in [1.165, 1.54) is 50.3 Å². The van der Waals surface area contributed by atoms with Crippen molar-refractivity contribution in [2.75, 3.05) is 6.61 Å². The lowest BCUT2D eigenvalue weighted by atomic mass is 9.97. The van der Waals surface area contributed by atoms with E-state index in [1.807, 2.05) is 0 Å². The molecule has 1 aromatic rings. The highest BCUT2D eigenvalue weighted by atomic mass is 79.9. The van der Waals surface area contributed by atoms with E-state index < -0.39 is 0 Å². The van der Waals surface area contributed by atoms with Crippen LogP contribution in [0.3, 0.4) is 0 Å². The molecule has 0 unspecified atom stereocenters. The molecule has 21 heavy (non-hydrogen) atoms. The number of benzene rings is 1. The van der Waals surface area contributed by atoms with Crippen molar-refractivity contribution in [3.8, 4) is 5.75 Å². The van der Waals surface area contributed by atoms with Gasteiger partial charge in [0.2, 0.25) is 0 Å². The van der Waals surface area contributed by atoms with Gasteiger partial charge in [0.25, 0.3) is 5.91 Å². The lowest BCUT2D eigenvalue weighted by Crippen LogP contribution is -2.38. The maximum Gasteiger partial charge on any atom is 0.258 e. The highest BCUT2D eigenvalue weighted by Crippen LogP contribution is 2.25. The van der Waals surface area contributed by atoms with E-state index >= 15 is 0 Å². The van der Waals surface area contributed by atoms with Crippen LogP contribution in [0.1, 0.15) is 44.9 Å². The molecule has 0 radical (unpaired) electrons. The maximum atomic E-state index is 13.0. The molecule has 0 atom stereocenters. The molecule has 1 amide bonds. The monoisotopic (exact) mass is 357 g/mol. The van der Waals surface area contributed by atoms with Crippen molar-refractivity contribution >= 4 is 21.8 Å². The molecule has 1 aliphatic rings. The van der Waals surface area contributed by atoms with Crippen molar-refractivity contribution in [1.29, 1.82) is 0 Å². The Morgan fingerprint density at radius 1 is 1.24 bits per heavy atom. The molecule has 5 heteroatoms. The molecular formula is C16H21BrFNO2. The van der Waals surface area contributed by atoms with Crippen LogP contribution in [-0.4, -0.2) is 18.6 Å². The Balaban J connectivity index is 1.78. The van der Waals surface area contributed by atoms with E-state index in [2.05, 4.69) is 21.2 Å². The lowest BCUT2D eigenvalue weighted by Gasteiger charge is -2.21. The van der Waals surface area contributed by atoms with Crippen LogP contribution in [-0.2, 0) is 4.79 Å². The molecule has 0 spiro atoms. The number of amides is 1. The molecule has 3 nitrogen and oxygen atoms in total. The molecule has 2 rings (SSSR count). The Morgan fingerprint density at radius 2 is 1.90 bits per heavy atom. The van der Waals surface area contributed by atoms with Crippen LogP contribution >= 0.6 is 15.9 Å². The van der Waals surface area contributed by atoms with Gasteiger partial charge in [-0.15, -0.1) is 0 Å². The Kier molecular flexibility index (Phi) is 6.49. The Hall–Kier alpha value is -1.10. The van der Waals surface area contributed by atoms with Crippen molar-refractivity contribution in [3.05, 3.63) is 28.5 Å². The predicted octanol–water partition coefficient (Wildman–Crippen LogP) is 4.20. The van der Waals surface area contributed by atoms with E-state index in [9.17, 15) is 9.18 Å². The molecular weight excluding hydrogens is 337 g/mol.